The molecule has 2 N–H and O–H groups in total. The van der Waals surface area contributed by atoms with Crippen LogP contribution in [0.2, 0.25) is 0 Å². The van der Waals surface area contributed by atoms with Crippen molar-refractivity contribution in [3.05, 3.63) is 65.7 Å². The van der Waals surface area contributed by atoms with Gasteiger partial charge < -0.3 is 15.2 Å². The zero-order valence-electron chi connectivity index (χ0n) is 12.3. The van der Waals surface area contributed by atoms with E-state index in [0.29, 0.717) is 0 Å². The van der Waals surface area contributed by atoms with Crippen LogP contribution in [0.15, 0.2) is 54.6 Å². The maximum atomic E-state index is 12.1. The minimum atomic E-state index is -2.86. The number of hydrogen-bond acceptors (Lipinski definition) is 4. The zero-order chi connectivity index (χ0) is 16.7. The number of benzene rings is 2. The SMILES string of the molecule is N[C@@H](Cc1ccc(OC(F)F)cc1)C(=O)OCc1ccccc1. The summed E-state index contributed by atoms with van der Waals surface area (Å²) in [6, 6.07) is 14.4. The molecule has 122 valence electrons. The second-order valence-corrected chi connectivity index (χ2v) is 4.93. The fourth-order valence-corrected chi connectivity index (χ4v) is 1.98. The Kier molecular flexibility index (Phi) is 6.05. The van der Waals surface area contributed by atoms with Crippen LogP contribution in [0.25, 0.3) is 0 Å². The van der Waals surface area contributed by atoms with E-state index < -0.39 is 18.6 Å². The average Bonchev–Trinajstić information content (AvgIpc) is 2.55. The predicted octanol–water partition coefficient (Wildman–Crippen LogP) is 2.90. The number of carbonyl (C=O) groups is 1. The number of halogens is 2. The fourth-order valence-electron chi connectivity index (χ4n) is 1.98. The van der Waals surface area contributed by atoms with Crippen LogP contribution in [0.4, 0.5) is 8.78 Å². The summed E-state index contributed by atoms with van der Waals surface area (Å²) in [7, 11) is 0. The highest BCUT2D eigenvalue weighted by molar-refractivity contribution is 5.75. The number of carbonyl (C=O) groups excluding carboxylic acids is 1. The Bertz CT molecular complexity index is 617. The molecule has 23 heavy (non-hydrogen) atoms. The molecule has 6 heteroatoms. The van der Waals surface area contributed by atoms with Crippen LogP contribution in [-0.4, -0.2) is 18.6 Å². The Morgan fingerprint density at radius 1 is 1.00 bits per heavy atom. The first kappa shape index (κ1) is 16.9. The van der Waals surface area contributed by atoms with Gasteiger partial charge in [-0.05, 0) is 29.7 Å². The van der Waals surface area contributed by atoms with Crippen molar-refractivity contribution < 1.29 is 23.0 Å². The summed E-state index contributed by atoms with van der Waals surface area (Å²) in [5.74, 6) is -0.453. The van der Waals surface area contributed by atoms with E-state index in [2.05, 4.69) is 4.74 Å². The van der Waals surface area contributed by atoms with Crippen molar-refractivity contribution in [3.63, 3.8) is 0 Å². The average molecular weight is 321 g/mol. The Morgan fingerprint density at radius 3 is 2.26 bits per heavy atom. The first-order chi connectivity index (χ1) is 11.0. The molecule has 4 nitrogen and oxygen atoms in total. The lowest BCUT2D eigenvalue weighted by Gasteiger charge is -2.12. The third-order valence-electron chi connectivity index (χ3n) is 3.13. The summed E-state index contributed by atoms with van der Waals surface area (Å²) < 4.78 is 33.5. The lowest BCUT2D eigenvalue weighted by molar-refractivity contribution is -0.146. The van der Waals surface area contributed by atoms with Crippen molar-refractivity contribution in [1.29, 1.82) is 0 Å². The molecular weight excluding hydrogens is 304 g/mol. The van der Waals surface area contributed by atoms with Crippen molar-refractivity contribution in [2.45, 2.75) is 25.7 Å². The summed E-state index contributed by atoms with van der Waals surface area (Å²) >= 11 is 0. The molecule has 0 aliphatic rings. The topological polar surface area (TPSA) is 61.5 Å². The van der Waals surface area contributed by atoms with Crippen LogP contribution in [0, 0.1) is 0 Å². The van der Waals surface area contributed by atoms with E-state index in [1.54, 1.807) is 12.1 Å². The van der Waals surface area contributed by atoms with Crippen LogP contribution in [0.3, 0.4) is 0 Å². The van der Waals surface area contributed by atoms with Crippen molar-refractivity contribution in [2.75, 3.05) is 0 Å². The number of ether oxygens (including phenoxy) is 2. The number of hydrogen-bond donors (Lipinski definition) is 1. The molecule has 0 bridgehead atoms. The molecule has 0 aliphatic heterocycles. The molecule has 0 aromatic heterocycles. The zero-order valence-corrected chi connectivity index (χ0v) is 12.3. The van der Waals surface area contributed by atoms with Gasteiger partial charge in [-0.3, -0.25) is 4.79 Å². The molecule has 0 unspecified atom stereocenters. The highest BCUT2D eigenvalue weighted by Crippen LogP contribution is 2.16. The van der Waals surface area contributed by atoms with Crippen molar-refractivity contribution >= 4 is 5.97 Å². The minimum absolute atomic E-state index is 0.0592. The number of alkyl halides is 2. The maximum Gasteiger partial charge on any atom is 0.387 e. The second kappa shape index (κ2) is 8.24. The maximum absolute atomic E-state index is 12.1. The molecular formula is C17H17F2NO3. The van der Waals surface area contributed by atoms with Crippen LogP contribution < -0.4 is 10.5 Å². The number of esters is 1. The van der Waals surface area contributed by atoms with Gasteiger partial charge in [-0.2, -0.15) is 8.78 Å². The molecule has 0 amide bonds. The monoisotopic (exact) mass is 321 g/mol. The first-order valence-corrected chi connectivity index (χ1v) is 7.04. The molecule has 0 saturated heterocycles. The normalized spacial score (nSPS) is 12.0. The van der Waals surface area contributed by atoms with Crippen LogP contribution in [-0.2, 0) is 22.6 Å². The Labute approximate surface area is 132 Å². The molecule has 2 rings (SSSR count). The lowest BCUT2D eigenvalue weighted by Crippen LogP contribution is -2.34. The fraction of sp³-hybridized carbons (Fsp3) is 0.235. The molecule has 0 radical (unpaired) electrons. The molecule has 0 spiro atoms. The van der Waals surface area contributed by atoms with E-state index in [1.807, 2.05) is 30.3 Å². The lowest BCUT2D eigenvalue weighted by atomic mass is 10.1. The molecule has 0 saturated carbocycles. The molecule has 0 aliphatic carbocycles. The summed E-state index contributed by atoms with van der Waals surface area (Å²) in [4.78, 5) is 11.9. The quantitative estimate of drug-likeness (QED) is 0.797. The Morgan fingerprint density at radius 2 is 1.65 bits per heavy atom. The summed E-state index contributed by atoms with van der Waals surface area (Å²) in [6.07, 6.45) is 0.253. The molecule has 2 aromatic carbocycles. The summed E-state index contributed by atoms with van der Waals surface area (Å²) in [6.45, 7) is -2.70. The third-order valence-corrected chi connectivity index (χ3v) is 3.13. The van der Waals surface area contributed by atoms with Crippen molar-refractivity contribution in [1.82, 2.24) is 0 Å². The van der Waals surface area contributed by atoms with Gasteiger partial charge >= 0.3 is 12.6 Å². The van der Waals surface area contributed by atoms with Crippen molar-refractivity contribution in [3.8, 4) is 5.75 Å². The standard InChI is InChI=1S/C17H17F2NO3/c18-17(19)23-14-8-6-12(7-9-14)10-15(20)16(21)22-11-13-4-2-1-3-5-13/h1-9,15,17H,10-11,20H2/t15-/m0/s1. The second-order valence-electron chi connectivity index (χ2n) is 4.93. The van der Waals surface area contributed by atoms with Crippen LogP contribution in [0.1, 0.15) is 11.1 Å². The number of nitrogens with two attached hydrogens (primary N) is 1. The molecule has 1 atom stereocenters. The van der Waals surface area contributed by atoms with Gasteiger partial charge in [-0.1, -0.05) is 42.5 Å². The van der Waals surface area contributed by atoms with E-state index in [4.69, 9.17) is 10.5 Å². The van der Waals surface area contributed by atoms with Gasteiger partial charge in [0.1, 0.15) is 18.4 Å². The molecule has 2 aromatic rings. The Balaban J connectivity index is 1.83. The van der Waals surface area contributed by atoms with Gasteiger partial charge in [-0.25, -0.2) is 0 Å². The third kappa shape index (κ3) is 5.67. The highest BCUT2D eigenvalue weighted by Gasteiger charge is 2.16. The van der Waals surface area contributed by atoms with E-state index in [0.717, 1.165) is 11.1 Å². The van der Waals surface area contributed by atoms with Gasteiger partial charge in [0.25, 0.3) is 0 Å². The van der Waals surface area contributed by atoms with Gasteiger partial charge in [0, 0.05) is 0 Å². The van der Waals surface area contributed by atoms with Crippen LogP contribution >= 0.6 is 0 Å². The Hall–Kier alpha value is -2.47. The molecule has 0 fully saturated rings. The number of rotatable bonds is 7. The van der Waals surface area contributed by atoms with Crippen LogP contribution in [0.5, 0.6) is 5.75 Å². The summed E-state index contributed by atoms with van der Waals surface area (Å²) in [5.41, 5.74) is 7.42. The molecule has 0 heterocycles. The predicted molar refractivity (Wildman–Crippen MR) is 81.0 cm³/mol. The van der Waals surface area contributed by atoms with Gasteiger partial charge in [-0.15, -0.1) is 0 Å². The first-order valence-electron chi connectivity index (χ1n) is 7.04. The minimum Gasteiger partial charge on any atom is -0.460 e. The van der Waals surface area contributed by atoms with E-state index in [9.17, 15) is 13.6 Å². The van der Waals surface area contributed by atoms with Gasteiger partial charge in [0.2, 0.25) is 0 Å². The highest BCUT2D eigenvalue weighted by atomic mass is 19.3. The van der Waals surface area contributed by atoms with Crippen molar-refractivity contribution in [2.24, 2.45) is 5.73 Å². The van der Waals surface area contributed by atoms with Gasteiger partial charge in [0.05, 0.1) is 0 Å². The van der Waals surface area contributed by atoms with E-state index in [1.165, 1.54) is 12.1 Å². The van der Waals surface area contributed by atoms with Gasteiger partial charge in [0.15, 0.2) is 0 Å². The van der Waals surface area contributed by atoms with E-state index in [-0.39, 0.29) is 18.8 Å². The smallest absolute Gasteiger partial charge is 0.387 e. The van der Waals surface area contributed by atoms with E-state index >= 15 is 0 Å². The largest absolute Gasteiger partial charge is 0.460 e. The summed E-state index contributed by atoms with van der Waals surface area (Å²) in [5, 5.41) is 0.